The van der Waals surface area contributed by atoms with E-state index in [1.54, 1.807) is 0 Å². The van der Waals surface area contributed by atoms with Crippen molar-refractivity contribution in [2.24, 2.45) is 0 Å². The molecule has 0 aliphatic heterocycles. The Morgan fingerprint density at radius 1 is 1.00 bits per heavy atom. The molecule has 2 nitrogen and oxygen atoms in total. The summed E-state index contributed by atoms with van der Waals surface area (Å²) in [6.07, 6.45) is 5.46. The third-order valence-corrected chi connectivity index (χ3v) is 1.59. The van der Waals surface area contributed by atoms with Gasteiger partial charge in [0.2, 0.25) is 0 Å². The summed E-state index contributed by atoms with van der Waals surface area (Å²) in [6, 6.07) is 0. The zero-order valence-corrected chi connectivity index (χ0v) is 7.51. The highest BCUT2D eigenvalue weighted by molar-refractivity contribution is 4.39. The van der Waals surface area contributed by atoms with Gasteiger partial charge in [0.1, 0.15) is 0 Å². The Kier molecular flexibility index (Phi) is 9.85. The molecule has 0 unspecified atom stereocenters. The number of hydrogen-bond donors (Lipinski definition) is 1. The summed E-state index contributed by atoms with van der Waals surface area (Å²) in [7, 11) is 0. The minimum Gasteiger partial charge on any atom is -0.396 e. The molecule has 0 saturated carbocycles. The summed E-state index contributed by atoms with van der Waals surface area (Å²) in [6.45, 7) is 4.24. The molecule has 0 aromatic carbocycles. The lowest BCUT2D eigenvalue weighted by Gasteiger charge is -2.01. The SMILES string of the molecule is CCCCOCCCCCO. The molecule has 1 N–H and O–H groups in total. The Morgan fingerprint density at radius 3 is 2.36 bits per heavy atom. The predicted molar refractivity (Wildman–Crippen MR) is 46.7 cm³/mol. The van der Waals surface area contributed by atoms with E-state index in [1.165, 1.54) is 12.8 Å². The van der Waals surface area contributed by atoms with Crippen molar-refractivity contribution in [2.75, 3.05) is 19.8 Å². The molecular weight excluding hydrogens is 140 g/mol. The molecule has 0 aliphatic rings. The second-order valence-electron chi connectivity index (χ2n) is 2.75. The van der Waals surface area contributed by atoms with Crippen LogP contribution in [0.2, 0.25) is 0 Å². The highest BCUT2D eigenvalue weighted by Crippen LogP contribution is 1.95. The van der Waals surface area contributed by atoms with Crippen molar-refractivity contribution in [2.45, 2.75) is 39.0 Å². The highest BCUT2D eigenvalue weighted by Gasteiger charge is 1.88. The number of rotatable bonds is 8. The quantitative estimate of drug-likeness (QED) is 0.550. The van der Waals surface area contributed by atoms with E-state index >= 15 is 0 Å². The summed E-state index contributed by atoms with van der Waals surface area (Å²) in [5.41, 5.74) is 0. The van der Waals surface area contributed by atoms with Gasteiger partial charge in [0.25, 0.3) is 0 Å². The van der Waals surface area contributed by atoms with Crippen LogP contribution in [0.5, 0.6) is 0 Å². The molecule has 0 atom stereocenters. The van der Waals surface area contributed by atoms with E-state index in [1.807, 2.05) is 0 Å². The van der Waals surface area contributed by atoms with Crippen LogP contribution in [0.1, 0.15) is 39.0 Å². The summed E-state index contributed by atoms with van der Waals surface area (Å²) >= 11 is 0. The van der Waals surface area contributed by atoms with Gasteiger partial charge in [-0.3, -0.25) is 0 Å². The number of aliphatic hydroxyl groups excluding tert-OH is 1. The van der Waals surface area contributed by atoms with Gasteiger partial charge in [0.05, 0.1) is 0 Å². The third-order valence-electron chi connectivity index (χ3n) is 1.59. The zero-order valence-electron chi connectivity index (χ0n) is 7.51. The van der Waals surface area contributed by atoms with Gasteiger partial charge in [0.15, 0.2) is 0 Å². The lowest BCUT2D eigenvalue weighted by atomic mass is 10.2. The van der Waals surface area contributed by atoms with Crippen molar-refractivity contribution >= 4 is 0 Å². The minimum atomic E-state index is 0.314. The molecule has 0 heterocycles. The first-order valence-corrected chi connectivity index (χ1v) is 4.60. The van der Waals surface area contributed by atoms with Crippen LogP contribution in [0.3, 0.4) is 0 Å². The standard InChI is InChI=1S/C9H20O2/c1-2-3-8-11-9-6-4-5-7-10/h10H,2-9H2,1H3. The average molecular weight is 160 g/mol. The van der Waals surface area contributed by atoms with Crippen LogP contribution < -0.4 is 0 Å². The molecule has 0 radical (unpaired) electrons. The van der Waals surface area contributed by atoms with Crippen LogP contribution in [0, 0.1) is 0 Å². The van der Waals surface area contributed by atoms with Gasteiger partial charge in [-0.1, -0.05) is 13.3 Å². The van der Waals surface area contributed by atoms with E-state index < -0.39 is 0 Å². The van der Waals surface area contributed by atoms with Gasteiger partial charge in [0, 0.05) is 19.8 Å². The van der Waals surface area contributed by atoms with Crippen molar-refractivity contribution in [1.29, 1.82) is 0 Å². The maximum absolute atomic E-state index is 8.47. The van der Waals surface area contributed by atoms with Crippen LogP contribution in [0.15, 0.2) is 0 Å². The van der Waals surface area contributed by atoms with Crippen molar-refractivity contribution in [3.8, 4) is 0 Å². The van der Waals surface area contributed by atoms with Gasteiger partial charge >= 0.3 is 0 Å². The molecule has 0 aromatic rings. The minimum absolute atomic E-state index is 0.314. The van der Waals surface area contributed by atoms with Crippen LogP contribution in [-0.4, -0.2) is 24.9 Å². The Bertz CT molecular complexity index is 56.6. The van der Waals surface area contributed by atoms with Crippen molar-refractivity contribution < 1.29 is 9.84 Å². The van der Waals surface area contributed by atoms with Crippen molar-refractivity contribution in [3.63, 3.8) is 0 Å². The number of hydrogen-bond acceptors (Lipinski definition) is 2. The molecule has 68 valence electrons. The summed E-state index contributed by atoms with van der Waals surface area (Å²) in [5.74, 6) is 0. The molecule has 2 heteroatoms. The number of unbranched alkanes of at least 4 members (excludes halogenated alkanes) is 3. The number of aliphatic hydroxyl groups is 1. The Morgan fingerprint density at radius 2 is 1.73 bits per heavy atom. The fourth-order valence-electron chi connectivity index (χ4n) is 0.841. The molecule has 0 spiro atoms. The van der Waals surface area contributed by atoms with Gasteiger partial charge in [-0.15, -0.1) is 0 Å². The molecule has 11 heavy (non-hydrogen) atoms. The molecule has 0 rings (SSSR count). The Labute approximate surface area is 69.6 Å². The van der Waals surface area contributed by atoms with Crippen LogP contribution in [-0.2, 0) is 4.74 Å². The van der Waals surface area contributed by atoms with E-state index in [-0.39, 0.29) is 0 Å². The van der Waals surface area contributed by atoms with E-state index in [0.29, 0.717) is 6.61 Å². The normalized spacial score (nSPS) is 10.4. The summed E-state index contributed by atoms with van der Waals surface area (Å²) in [5, 5.41) is 8.47. The fraction of sp³-hybridized carbons (Fsp3) is 1.00. The van der Waals surface area contributed by atoms with Gasteiger partial charge in [-0.2, -0.15) is 0 Å². The first kappa shape index (κ1) is 10.9. The van der Waals surface area contributed by atoms with Gasteiger partial charge in [-0.05, 0) is 25.7 Å². The Balaban J connectivity index is 2.69. The first-order chi connectivity index (χ1) is 5.41. The van der Waals surface area contributed by atoms with E-state index in [2.05, 4.69) is 6.92 Å². The average Bonchev–Trinajstić information content (AvgIpc) is 2.03. The second kappa shape index (κ2) is 9.92. The van der Waals surface area contributed by atoms with E-state index in [0.717, 1.165) is 32.5 Å². The molecule has 0 bridgehead atoms. The summed E-state index contributed by atoms with van der Waals surface area (Å²) < 4.78 is 5.34. The lowest BCUT2D eigenvalue weighted by molar-refractivity contribution is 0.125. The monoisotopic (exact) mass is 160 g/mol. The predicted octanol–water partition coefficient (Wildman–Crippen LogP) is 1.97. The lowest BCUT2D eigenvalue weighted by Crippen LogP contribution is -1.96. The largest absolute Gasteiger partial charge is 0.396 e. The smallest absolute Gasteiger partial charge is 0.0466 e. The second-order valence-corrected chi connectivity index (χ2v) is 2.75. The van der Waals surface area contributed by atoms with Crippen molar-refractivity contribution in [1.82, 2.24) is 0 Å². The molecule has 0 fully saturated rings. The van der Waals surface area contributed by atoms with Crippen LogP contribution in [0.25, 0.3) is 0 Å². The molecule has 0 aromatic heterocycles. The molecular formula is C9H20O2. The first-order valence-electron chi connectivity index (χ1n) is 4.60. The topological polar surface area (TPSA) is 29.5 Å². The highest BCUT2D eigenvalue weighted by atomic mass is 16.5. The van der Waals surface area contributed by atoms with E-state index in [4.69, 9.17) is 9.84 Å². The number of ether oxygens (including phenoxy) is 1. The maximum atomic E-state index is 8.47. The molecule has 0 aliphatic carbocycles. The summed E-state index contributed by atoms with van der Waals surface area (Å²) in [4.78, 5) is 0. The fourth-order valence-corrected chi connectivity index (χ4v) is 0.841. The molecule has 0 amide bonds. The molecule has 0 saturated heterocycles. The third kappa shape index (κ3) is 9.92. The van der Waals surface area contributed by atoms with Gasteiger partial charge < -0.3 is 9.84 Å². The zero-order chi connectivity index (χ0) is 8.36. The van der Waals surface area contributed by atoms with Crippen LogP contribution in [0.4, 0.5) is 0 Å². The Hall–Kier alpha value is -0.0800. The van der Waals surface area contributed by atoms with E-state index in [9.17, 15) is 0 Å². The maximum Gasteiger partial charge on any atom is 0.0466 e. The van der Waals surface area contributed by atoms with Crippen molar-refractivity contribution in [3.05, 3.63) is 0 Å². The van der Waals surface area contributed by atoms with Gasteiger partial charge in [-0.25, -0.2) is 0 Å². The van der Waals surface area contributed by atoms with Crippen LogP contribution >= 0.6 is 0 Å².